The quantitative estimate of drug-likeness (QED) is 0.0809. The van der Waals surface area contributed by atoms with E-state index in [1.807, 2.05) is 48.5 Å². The molecule has 3 amide bonds. The van der Waals surface area contributed by atoms with E-state index in [2.05, 4.69) is 72.9 Å². The van der Waals surface area contributed by atoms with Gasteiger partial charge >= 0.3 is 0 Å². The predicted octanol–water partition coefficient (Wildman–Crippen LogP) is 8.86. The molecule has 8 rings (SSSR count). The van der Waals surface area contributed by atoms with Crippen molar-refractivity contribution >= 4 is 40.2 Å². The summed E-state index contributed by atoms with van der Waals surface area (Å²) in [6, 6.07) is 31.5. The number of carbonyl (C=O) groups excluding carboxylic acids is 3. The zero-order valence-corrected chi connectivity index (χ0v) is 31.5. The van der Waals surface area contributed by atoms with Crippen molar-refractivity contribution in [3.05, 3.63) is 160 Å². The molecule has 0 spiro atoms. The fourth-order valence-electron chi connectivity index (χ4n) is 8.14. The molecule has 0 bridgehead atoms. The van der Waals surface area contributed by atoms with Gasteiger partial charge in [-0.2, -0.15) is 0 Å². The molecule has 8 nitrogen and oxygen atoms in total. The Kier molecular flexibility index (Phi) is 10.6. The van der Waals surface area contributed by atoms with Gasteiger partial charge in [-0.1, -0.05) is 79.7 Å². The van der Waals surface area contributed by atoms with Gasteiger partial charge in [0.05, 0.1) is 12.6 Å². The summed E-state index contributed by atoms with van der Waals surface area (Å²) in [5.74, 6) is 0.254. The number of rotatable bonds is 13. The van der Waals surface area contributed by atoms with Crippen molar-refractivity contribution in [2.75, 3.05) is 6.61 Å². The topological polar surface area (TPSA) is 108 Å². The van der Waals surface area contributed by atoms with Gasteiger partial charge in [-0.3, -0.25) is 24.7 Å². The second kappa shape index (κ2) is 16.2. The minimum atomic E-state index is -0.620. The summed E-state index contributed by atoms with van der Waals surface area (Å²) in [6.07, 6.45) is 14.0. The molecule has 1 aliphatic carbocycles. The lowest BCUT2D eigenvalue weighted by atomic mass is 9.88. The number of fused-ring (bicyclic) bond motifs is 2. The Morgan fingerprint density at radius 3 is 2.39 bits per heavy atom. The summed E-state index contributed by atoms with van der Waals surface area (Å²) in [7, 11) is 0. The molecule has 4 aliphatic rings. The van der Waals surface area contributed by atoms with Gasteiger partial charge in [-0.15, -0.1) is 0 Å². The lowest BCUT2D eigenvalue weighted by molar-refractivity contribution is -0.136. The molecule has 0 radical (unpaired) electrons. The molecular formula is C48H45N3O5. The first-order chi connectivity index (χ1) is 27.3. The van der Waals surface area contributed by atoms with Gasteiger partial charge in [-0.25, -0.2) is 0 Å². The van der Waals surface area contributed by atoms with Crippen molar-refractivity contribution in [1.29, 1.82) is 0 Å². The number of imide groups is 1. The van der Waals surface area contributed by atoms with Gasteiger partial charge in [0.1, 0.15) is 17.5 Å². The average Bonchev–Trinajstić information content (AvgIpc) is 3.78. The Morgan fingerprint density at radius 1 is 0.875 bits per heavy atom. The first-order valence-electron chi connectivity index (χ1n) is 19.6. The van der Waals surface area contributed by atoms with E-state index in [9.17, 15) is 19.5 Å². The average molecular weight is 744 g/mol. The fraction of sp³-hybridized carbons (Fsp3) is 0.250. The largest absolute Gasteiger partial charge is 0.508 e. The molecule has 2 N–H and O–H groups in total. The standard InChI is InChI=1S/C48H45N3O5/c1-2-41(31-9-5-3-6-10-31)46(32-12-18-39(52)19-13-32)33-14-20-40(21-15-33)56-26-8-4-7-11-38-29-36-27-35(17-23-43(36)49-38)34-16-22-42-37(28-34)30-51(48(42)55)44-24-25-45(53)50-47(44)54/h3,5-6,9-10,12-23,27-29,43-44,52H,2,4,7-8,11,24-26,30H2,1H3,(H,50,53,54)/b46-41-. The SMILES string of the molecule is CC/C(=C(\c1ccc(O)cc1)c1ccc(OCCCCCC2=NC3C=CC(c4ccc5c(c4)CN(C4CCC(=O)NC4=O)C5=O)=CC3=C2)cc1)c1ccccc1. The fourth-order valence-corrected chi connectivity index (χ4v) is 8.14. The third kappa shape index (κ3) is 7.78. The number of aromatic hydroxyl groups is 1. The van der Waals surface area contributed by atoms with Crippen molar-refractivity contribution < 1.29 is 24.2 Å². The lowest BCUT2D eigenvalue weighted by Crippen LogP contribution is -2.52. The van der Waals surface area contributed by atoms with E-state index in [-0.39, 0.29) is 30.0 Å². The van der Waals surface area contributed by atoms with Crippen LogP contribution in [0.3, 0.4) is 0 Å². The van der Waals surface area contributed by atoms with Crippen LogP contribution in [0.2, 0.25) is 0 Å². The second-order valence-electron chi connectivity index (χ2n) is 14.7. The van der Waals surface area contributed by atoms with Gasteiger partial charge in [0.2, 0.25) is 11.8 Å². The number of phenolic OH excluding ortho intramolecular Hbond substituents is 1. The van der Waals surface area contributed by atoms with E-state index in [1.165, 1.54) is 16.7 Å². The Bertz CT molecular complexity index is 2320. The molecule has 8 heteroatoms. The second-order valence-corrected chi connectivity index (χ2v) is 14.7. The summed E-state index contributed by atoms with van der Waals surface area (Å²) >= 11 is 0. The maximum atomic E-state index is 13.1. The van der Waals surface area contributed by atoms with Gasteiger partial charge in [0.15, 0.2) is 0 Å². The van der Waals surface area contributed by atoms with Crippen LogP contribution in [0.25, 0.3) is 16.7 Å². The smallest absolute Gasteiger partial charge is 0.255 e. The van der Waals surface area contributed by atoms with Crippen molar-refractivity contribution in [2.45, 2.75) is 70.5 Å². The van der Waals surface area contributed by atoms with E-state index >= 15 is 0 Å². The number of unbranched alkanes of at least 4 members (excludes halogenated alkanes) is 2. The van der Waals surface area contributed by atoms with Gasteiger partial charge in [0, 0.05) is 24.2 Å². The summed E-state index contributed by atoms with van der Waals surface area (Å²) < 4.78 is 6.16. The highest BCUT2D eigenvalue weighted by Crippen LogP contribution is 2.37. The number of hydrogen-bond donors (Lipinski definition) is 2. The number of hydrogen-bond acceptors (Lipinski definition) is 6. The van der Waals surface area contributed by atoms with Crippen LogP contribution in [-0.2, 0) is 16.1 Å². The number of phenols is 1. The summed E-state index contributed by atoms with van der Waals surface area (Å²) in [5, 5.41) is 12.3. The van der Waals surface area contributed by atoms with E-state index in [4.69, 9.17) is 9.73 Å². The molecule has 0 saturated carbocycles. The number of aliphatic imine (C=N–C) groups is 1. The van der Waals surface area contributed by atoms with Crippen LogP contribution in [-0.4, -0.2) is 52.1 Å². The van der Waals surface area contributed by atoms with Crippen LogP contribution >= 0.6 is 0 Å². The van der Waals surface area contributed by atoms with Gasteiger partial charge in [-0.05, 0) is 137 Å². The minimum Gasteiger partial charge on any atom is -0.508 e. The maximum absolute atomic E-state index is 13.1. The summed E-state index contributed by atoms with van der Waals surface area (Å²) in [4.78, 5) is 43.8. The van der Waals surface area contributed by atoms with Crippen LogP contribution in [0, 0.1) is 0 Å². The highest BCUT2D eigenvalue weighted by molar-refractivity contribution is 6.06. The Hall–Kier alpha value is -6.28. The number of nitrogens with one attached hydrogen (secondary N) is 1. The van der Waals surface area contributed by atoms with Crippen molar-refractivity contribution in [3.8, 4) is 11.5 Å². The first-order valence-corrected chi connectivity index (χ1v) is 19.6. The van der Waals surface area contributed by atoms with Gasteiger partial charge < -0.3 is 14.7 Å². The van der Waals surface area contributed by atoms with Crippen molar-refractivity contribution in [3.63, 3.8) is 0 Å². The van der Waals surface area contributed by atoms with Crippen LogP contribution in [0.15, 0.2) is 132 Å². The zero-order chi connectivity index (χ0) is 38.6. The van der Waals surface area contributed by atoms with Crippen LogP contribution < -0.4 is 10.1 Å². The van der Waals surface area contributed by atoms with Gasteiger partial charge in [0.25, 0.3) is 5.91 Å². The summed E-state index contributed by atoms with van der Waals surface area (Å²) in [6.45, 7) is 3.18. The Morgan fingerprint density at radius 2 is 1.64 bits per heavy atom. The zero-order valence-electron chi connectivity index (χ0n) is 31.5. The molecule has 3 heterocycles. The lowest BCUT2D eigenvalue weighted by Gasteiger charge is -2.29. The highest BCUT2D eigenvalue weighted by Gasteiger charge is 2.39. The van der Waals surface area contributed by atoms with E-state index in [1.54, 1.807) is 17.0 Å². The van der Waals surface area contributed by atoms with Crippen LogP contribution in [0.5, 0.6) is 11.5 Å². The highest BCUT2D eigenvalue weighted by atomic mass is 16.5. The van der Waals surface area contributed by atoms with Crippen molar-refractivity contribution in [1.82, 2.24) is 10.2 Å². The molecule has 3 aliphatic heterocycles. The molecule has 2 atom stereocenters. The number of benzene rings is 4. The molecular weight excluding hydrogens is 699 g/mol. The molecule has 56 heavy (non-hydrogen) atoms. The number of ether oxygens (including phenoxy) is 1. The third-order valence-corrected chi connectivity index (χ3v) is 11.0. The van der Waals surface area contributed by atoms with Crippen molar-refractivity contribution in [2.24, 2.45) is 4.99 Å². The molecule has 4 aromatic carbocycles. The van der Waals surface area contributed by atoms with Crippen LogP contribution in [0.1, 0.15) is 90.0 Å². The number of piperidine rings is 1. The van der Waals surface area contributed by atoms with E-state index in [0.29, 0.717) is 25.1 Å². The van der Waals surface area contributed by atoms with Crippen LogP contribution in [0.4, 0.5) is 0 Å². The number of amides is 3. The monoisotopic (exact) mass is 743 g/mol. The molecule has 1 saturated heterocycles. The van der Waals surface area contributed by atoms with E-state index < -0.39 is 11.9 Å². The molecule has 1 fully saturated rings. The first kappa shape index (κ1) is 36.7. The molecule has 2 unspecified atom stereocenters. The summed E-state index contributed by atoms with van der Waals surface area (Å²) in [5.41, 5.74) is 11.6. The minimum absolute atomic E-state index is 0.0320. The van der Waals surface area contributed by atoms with E-state index in [0.717, 1.165) is 77.0 Å². The number of nitrogens with zero attached hydrogens (tertiary/aromatic N) is 2. The molecule has 0 aromatic heterocycles. The Balaban J connectivity index is 0.832. The maximum Gasteiger partial charge on any atom is 0.255 e. The molecule has 4 aromatic rings. The predicted molar refractivity (Wildman–Crippen MR) is 220 cm³/mol. The Labute approximate surface area is 327 Å². The third-order valence-electron chi connectivity index (χ3n) is 11.0. The molecule has 282 valence electrons. The number of carbonyl (C=O) groups is 3. The number of allylic oxidation sites excluding steroid dienone is 4. The normalized spacial score (nSPS) is 19.1.